The number of halogens is 1. The fraction of sp³-hybridized carbons (Fsp3) is 0.130. The fourth-order valence-corrected chi connectivity index (χ4v) is 3.82. The highest BCUT2D eigenvalue weighted by molar-refractivity contribution is 7.89. The Morgan fingerprint density at radius 1 is 0.806 bits per heavy atom. The van der Waals surface area contributed by atoms with Crippen LogP contribution in [0.15, 0.2) is 83.8 Å². The van der Waals surface area contributed by atoms with Crippen LogP contribution >= 0.6 is 0 Å². The molecule has 0 aliphatic heterocycles. The minimum absolute atomic E-state index is 0.0205. The average molecular weight is 440 g/mol. The van der Waals surface area contributed by atoms with E-state index in [-0.39, 0.29) is 36.0 Å². The number of ketones is 1. The third-order valence-corrected chi connectivity index (χ3v) is 5.92. The molecule has 0 saturated carbocycles. The van der Waals surface area contributed by atoms with E-state index >= 15 is 0 Å². The Bertz CT molecular complexity index is 1150. The number of hydrogen-bond donors (Lipinski definition) is 2. The smallest absolute Gasteiger partial charge is 0.240 e. The van der Waals surface area contributed by atoms with Gasteiger partial charge in [-0.2, -0.15) is 0 Å². The number of nitrogens with one attached hydrogen (secondary N) is 2. The van der Waals surface area contributed by atoms with Crippen LogP contribution in [0.1, 0.15) is 28.8 Å². The Labute approximate surface area is 180 Å². The van der Waals surface area contributed by atoms with Gasteiger partial charge in [-0.05, 0) is 54.1 Å². The van der Waals surface area contributed by atoms with Crippen molar-refractivity contribution in [3.05, 3.63) is 95.8 Å². The van der Waals surface area contributed by atoms with Gasteiger partial charge < -0.3 is 5.32 Å². The zero-order valence-electron chi connectivity index (χ0n) is 16.5. The zero-order valence-corrected chi connectivity index (χ0v) is 17.4. The summed E-state index contributed by atoms with van der Waals surface area (Å²) in [6.07, 6.45) is -0.0672. The standard InChI is InChI=1S/C23H21FN2O4S/c24-19-8-6-18(7-9-19)22(27)14-15-23(28)26-20-10-12-21(13-11-20)31(29,30)25-16-17-4-2-1-3-5-17/h1-13,25H,14-16H2,(H,26,28). The van der Waals surface area contributed by atoms with Crippen LogP contribution in [0.3, 0.4) is 0 Å². The van der Waals surface area contributed by atoms with Gasteiger partial charge in [0.15, 0.2) is 5.78 Å². The Kier molecular flexibility index (Phi) is 7.28. The predicted octanol–water partition coefficient (Wildman–Crippen LogP) is 3.91. The summed E-state index contributed by atoms with van der Waals surface area (Å²) < 4.78 is 40.3. The van der Waals surface area contributed by atoms with Crippen molar-refractivity contribution in [1.82, 2.24) is 4.72 Å². The van der Waals surface area contributed by atoms with E-state index in [2.05, 4.69) is 10.0 Å². The Hall–Kier alpha value is -3.36. The predicted molar refractivity (Wildman–Crippen MR) is 116 cm³/mol. The van der Waals surface area contributed by atoms with E-state index in [1.165, 1.54) is 48.5 Å². The highest BCUT2D eigenvalue weighted by atomic mass is 32.2. The van der Waals surface area contributed by atoms with E-state index in [0.717, 1.165) is 5.56 Å². The number of benzene rings is 3. The van der Waals surface area contributed by atoms with Crippen molar-refractivity contribution >= 4 is 27.4 Å². The number of Topliss-reactive ketones (excluding diaryl/α,β-unsaturated/α-hetero) is 1. The molecule has 3 aromatic rings. The molecule has 31 heavy (non-hydrogen) atoms. The van der Waals surface area contributed by atoms with Gasteiger partial charge in [0.05, 0.1) is 4.90 Å². The van der Waals surface area contributed by atoms with Crippen LogP contribution in [-0.4, -0.2) is 20.1 Å². The van der Waals surface area contributed by atoms with Gasteiger partial charge in [0.25, 0.3) is 0 Å². The molecule has 3 rings (SSSR count). The summed E-state index contributed by atoms with van der Waals surface area (Å²) in [7, 11) is -3.69. The van der Waals surface area contributed by atoms with Gasteiger partial charge in [-0.25, -0.2) is 17.5 Å². The van der Waals surface area contributed by atoms with Crippen LogP contribution in [0.5, 0.6) is 0 Å². The van der Waals surface area contributed by atoms with Crippen LogP contribution in [0.2, 0.25) is 0 Å². The van der Waals surface area contributed by atoms with E-state index in [9.17, 15) is 22.4 Å². The highest BCUT2D eigenvalue weighted by Gasteiger charge is 2.14. The Balaban J connectivity index is 1.51. The molecule has 3 aromatic carbocycles. The van der Waals surface area contributed by atoms with Gasteiger partial charge in [-0.1, -0.05) is 30.3 Å². The molecule has 0 heterocycles. The maximum atomic E-state index is 12.9. The van der Waals surface area contributed by atoms with Gasteiger partial charge >= 0.3 is 0 Å². The van der Waals surface area contributed by atoms with Gasteiger partial charge in [0, 0.05) is 30.6 Å². The summed E-state index contributed by atoms with van der Waals surface area (Å²) in [6, 6.07) is 20.0. The number of carbonyl (C=O) groups excluding carboxylic acids is 2. The van der Waals surface area contributed by atoms with Crippen molar-refractivity contribution in [2.75, 3.05) is 5.32 Å². The molecule has 0 atom stereocenters. The molecular formula is C23H21FN2O4S. The monoisotopic (exact) mass is 440 g/mol. The molecule has 0 fully saturated rings. The number of carbonyl (C=O) groups is 2. The van der Waals surface area contributed by atoms with Gasteiger partial charge in [0.2, 0.25) is 15.9 Å². The summed E-state index contributed by atoms with van der Waals surface area (Å²) in [4.78, 5) is 24.2. The third kappa shape index (κ3) is 6.56. The molecule has 0 radical (unpaired) electrons. The van der Waals surface area contributed by atoms with Crippen molar-refractivity contribution < 1.29 is 22.4 Å². The molecule has 0 aromatic heterocycles. The first kappa shape index (κ1) is 22.3. The van der Waals surface area contributed by atoms with Gasteiger partial charge in [-0.3, -0.25) is 9.59 Å². The topological polar surface area (TPSA) is 92.3 Å². The molecule has 0 unspecified atom stereocenters. The molecule has 6 nitrogen and oxygen atoms in total. The average Bonchev–Trinajstić information content (AvgIpc) is 2.78. The third-order valence-electron chi connectivity index (χ3n) is 4.50. The van der Waals surface area contributed by atoms with Gasteiger partial charge in [0.1, 0.15) is 5.82 Å². The largest absolute Gasteiger partial charge is 0.326 e. The maximum absolute atomic E-state index is 12.9. The van der Waals surface area contributed by atoms with Crippen molar-refractivity contribution in [3.8, 4) is 0 Å². The minimum atomic E-state index is -3.69. The van der Waals surface area contributed by atoms with Gasteiger partial charge in [-0.15, -0.1) is 0 Å². The van der Waals surface area contributed by atoms with Crippen LogP contribution in [0.25, 0.3) is 0 Å². The molecule has 0 spiro atoms. The molecular weight excluding hydrogens is 419 g/mol. The maximum Gasteiger partial charge on any atom is 0.240 e. The van der Waals surface area contributed by atoms with E-state index in [1.807, 2.05) is 30.3 Å². The Morgan fingerprint density at radius 2 is 1.45 bits per heavy atom. The lowest BCUT2D eigenvalue weighted by atomic mass is 10.1. The molecule has 8 heteroatoms. The van der Waals surface area contributed by atoms with E-state index in [1.54, 1.807) is 0 Å². The number of rotatable bonds is 9. The molecule has 0 aliphatic carbocycles. The number of anilines is 1. The van der Waals surface area contributed by atoms with Crippen LogP contribution in [-0.2, 0) is 21.4 Å². The Morgan fingerprint density at radius 3 is 2.10 bits per heavy atom. The summed E-state index contributed by atoms with van der Waals surface area (Å²) in [5.41, 5.74) is 1.60. The van der Waals surface area contributed by atoms with Crippen LogP contribution in [0.4, 0.5) is 10.1 Å². The summed E-state index contributed by atoms with van der Waals surface area (Å²) in [5, 5.41) is 2.63. The van der Waals surface area contributed by atoms with Crippen molar-refractivity contribution in [2.24, 2.45) is 0 Å². The van der Waals surface area contributed by atoms with Crippen molar-refractivity contribution in [1.29, 1.82) is 0 Å². The lowest BCUT2D eigenvalue weighted by molar-refractivity contribution is -0.116. The first-order valence-corrected chi connectivity index (χ1v) is 11.0. The van der Waals surface area contributed by atoms with E-state index < -0.39 is 15.8 Å². The zero-order chi connectivity index (χ0) is 22.3. The fourth-order valence-electron chi connectivity index (χ4n) is 2.81. The van der Waals surface area contributed by atoms with Crippen molar-refractivity contribution in [2.45, 2.75) is 24.3 Å². The first-order valence-electron chi connectivity index (χ1n) is 9.56. The van der Waals surface area contributed by atoms with Crippen LogP contribution < -0.4 is 10.0 Å². The van der Waals surface area contributed by atoms with E-state index in [4.69, 9.17) is 0 Å². The molecule has 160 valence electrons. The summed E-state index contributed by atoms with van der Waals surface area (Å²) in [6.45, 7) is 0.170. The molecule has 0 bridgehead atoms. The summed E-state index contributed by atoms with van der Waals surface area (Å²) in [5.74, 6) is -1.08. The number of hydrogen-bond acceptors (Lipinski definition) is 4. The van der Waals surface area contributed by atoms with Crippen LogP contribution in [0, 0.1) is 5.82 Å². The second-order valence-electron chi connectivity index (χ2n) is 6.81. The number of sulfonamides is 1. The molecule has 2 N–H and O–H groups in total. The number of amides is 1. The molecule has 0 aliphatic rings. The second kappa shape index (κ2) is 10.1. The lowest BCUT2D eigenvalue weighted by Crippen LogP contribution is -2.23. The SMILES string of the molecule is O=C(CCC(=O)c1ccc(F)cc1)Nc1ccc(S(=O)(=O)NCc2ccccc2)cc1. The molecule has 1 amide bonds. The second-order valence-corrected chi connectivity index (χ2v) is 8.58. The molecule has 0 saturated heterocycles. The lowest BCUT2D eigenvalue weighted by Gasteiger charge is -2.09. The quantitative estimate of drug-likeness (QED) is 0.494. The summed E-state index contributed by atoms with van der Waals surface area (Å²) >= 11 is 0. The highest BCUT2D eigenvalue weighted by Crippen LogP contribution is 2.15. The normalized spacial score (nSPS) is 11.1. The minimum Gasteiger partial charge on any atom is -0.326 e. The first-order chi connectivity index (χ1) is 14.8. The van der Waals surface area contributed by atoms with Crippen molar-refractivity contribution in [3.63, 3.8) is 0 Å². The van der Waals surface area contributed by atoms with E-state index in [0.29, 0.717) is 11.3 Å².